The summed E-state index contributed by atoms with van der Waals surface area (Å²) in [7, 11) is 0. The first kappa shape index (κ1) is 20.7. The van der Waals surface area contributed by atoms with E-state index in [-0.39, 0.29) is 34.0 Å². The van der Waals surface area contributed by atoms with Crippen LogP contribution < -0.4 is 10.7 Å². The molecule has 0 atom stereocenters. The predicted molar refractivity (Wildman–Crippen MR) is 126 cm³/mol. The van der Waals surface area contributed by atoms with E-state index in [1.54, 1.807) is 42.5 Å². The van der Waals surface area contributed by atoms with Gasteiger partial charge in [0.1, 0.15) is 11.2 Å². The van der Waals surface area contributed by atoms with Crippen molar-refractivity contribution in [3.8, 4) is 0 Å². The summed E-state index contributed by atoms with van der Waals surface area (Å²) in [6, 6.07) is 19.7. The van der Waals surface area contributed by atoms with Crippen molar-refractivity contribution in [2.45, 2.75) is 6.92 Å². The molecule has 0 fully saturated rings. The van der Waals surface area contributed by atoms with E-state index in [2.05, 4.69) is 5.32 Å². The number of carbonyl (C=O) groups is 2. The molecule has 1 N–H and O–H groups in total. The van der Waals surface area contributed by atoms with Crippen LogP contribution in [0.25, 0.3) is 21.9 Å². The number of hydrogen-bond acceptors (Lipinski definition) is 5. The lowest BCUT2D eigenvalue weighted by Crippen LogP contribution is -2.16. The number of amides is 1. The Morgan fingerprint density at radius 1 is 0.848 bits per heavy atom. The number of hydrogen-bond donors (Lipinski definition) is 1. The van der Waals surface area contributed by atoms with Crippen molar-refractivity contribution in [3.05, 3.63) is 111 Å². The third-order valence-corrected chi connectivity index (χ3v) is 5.50. The number of benzene rings is 3. The van der Waals surface area contributed by atoms with Crippen LogP contribution in [0.1, 0.15) is 32.2 Å². The zero-order chi connectivity index (χ0) is 23.1. The number of aryl methyl sites for hydroxylation is 1. The van der Waals surface area contributed by atoms with Gasteiger partial charge >= 0.3 is 0 Å². The lowest BCUT2D eigenvalue weighted by atomic mass is 10.1. The summed E-state index contributed by atoms with van der Waals surface area (Å²) in [5.74, 6) is -1.28. The molecule has 0 aliphatic rings. The van der Waals surface area contributed by atoms with Crippen LogP contribution in [0, 0.1) is 6.92 Å². The summed E-state index contributed by atoms with van der Waals surface area (Å²) < 4.78 is 11.5. The molecule has 2 heterocycles. The Morgan fingerprint density at radius 3 is 2.36 bits per heavy atom. The fourth-order valence-electron chi connectivity index (χ4n) is 3.58. The normalized spacial score (nSPS) is 11.1. The molecular weight excluding hydrogens is 442 g/mol. The number of fused-ring (bicyclic) bond motifs is 2. The number of carbonyl (C=O) groups excluding carboxylic acids is 2. The predicted octanol–water partition coefficient (Wildman–Crippen LogP) is 5.98. The molecule has 6 nitrogen and oxygen atoms in total. The maximum absolute atomic E-state index is 13.2. The second-order valence-corrected chi connectivity index (χ2v) is 8.00. The highest BCUT2D eigenvalue weighted by atomic mass is 35.5. The van der Waals surface area contributed by atoms with Gasteiger partial charge in [-0.2, -0.15) is 0 Å². The molecule has 3 aromatic carbocycles. The zero-order valence-electron chi connectivity index (χ0n) is 17.3. The summed E-state index contributed by atoms with van der Waals surface area (Å²) in [6.45, 7) is 1.92. The molecular formula is C26H16ClNO5. The van der Waals surface area contributed by atoms with Crippen LogP contribution in [-0.4, -0.2) is 11.7 Å². The van der Waals surface area contributed by atoms with Crippen molar-refractivity contribution in [3.63, 3.8) is 0 Å². The van der Waals surface area contributed by atoms with Gasteiger partial charge in [-0.05, 0) is 37.3 Å². The van der Waals surface area contributed by atoms with Crippen LogP contribution in [0.3, 0.4) is 0 Å². The lowest BCUT2D eigenvalue weighted by molar-refractivity contribution is 0.0997. The Bertz CT molecular complexity index is 1610. The Morgan fingerprint density at radius 2 is 1.58 bits per heavy atom. The maximum Gasteiger partial charge on any atom is 0.291 e. The number of halogens is 1. The highest BCUT2D eigenvalue weighted by molar-refractivity contribution is 6.31. The van der Waals surface area contributed by atoms with E-state index in [4.69, 9.17) is 20.4 Å². The average molecular weight is 458 g/mol. The van der Waals surface area contributed by atoms with Crippen molar-refractivity contribution >= 4 is 50.9 Å². The third kappa shape index (κ3) is 3.81. The minimum absolute atomic E-state index is 0.0108. The summed E-state index contributed by atoms with van der Waals surface area (Å²) in [4.78, 5) is 38.7. The van der Waals surface area contributed by atoms with Gasteiger partial charge in [-0.3, -0.25) is 14.4 Å². The highest BCUT2D eigenvalue weighted by Crippen LogP contribution is 2.33. The number of para-hydroxylation sites is 1. The van der Waals surface area contributed by atoms with Gasteiger partial charge in [0.15, 0.2) is 16.9 Å². The molecule has 7 heteroatoms. The number of rotatable bonds is 4. The number of nitrogens with one attached hydrogen (secondary N) is 1. The SMILES string of the molecule is Cc1ccc(C(=O)c2oc3ccccc3c2NC(=O)c2cc(=O)c3cc(Cl)ccc3o2)cc1. The number of ketones is 1. The molecule has 0 saturated heterocycles. The van der Waals surface area contributed by atoms with E-state index in [9.17, 15) is 14.4 Å². The number of furan rings is 1. The topological polar surface area (TPSA) is 89.5 Å². The Hall–Kier alpha value is -4.16. The third-order valence-electron chi connectivity index (χ3n) is 5.27. The van der Waals surface area contributed by atoms with Crippen LogP contribution in [0.4, 0.5) is 5.69 Å². The molecule has 0 spiro atoms. The van der Waals surface area contributed by atoms with Crippen molar-refractivity contribution in [2.24, 2.45) is 0 Å². The van der Waals surface area contributed by atoms with E-state index in [1.807, 2.05) is 19.1 Å². The monoisotopic (exact) mass is 457 g/mol. The van der Waals surface area contributed by atoms with Crippen LogP contribution in [0.15, 0.2) is 86.4 Å². The van der Waals surface area contributed by atoms with Gasteiger partial charge in [0.05, 0.1) is 11.1 Å². The molecule has 0 unspecified atom stereocenters. The smallest absolute Gasteiger partial charge is 0.291 e. The van der Waals surface area contributed by atoms with E-state index in [0.717, 1.165) is 11.6 Å². The minimum Gasteiger partial charge on any atom is -0.451 e. The van der Waals surface area contributed by atoms with Crippen LogP contribution in [0.5, 0.6) is 0 Å². The molecule has 1 amide bonds. The fraction of sp³-hybridized carbons (Fsp3) is 0.0385. The Labute approximate surface area is 192 Å². The summed E-state index contributed by atoms with van der Waals surface area (Å²) in [5.41, 5.74) is 1.90. The summed E-state index contributed by atoms with van der Waals surface area (Å²) in [6.07, 6.45) is 0. The number of anilines is 1. The zero-order valence-corrected chi connectivity index (χ0v) is 18.1. The first-order chi connectivity index (χ1) is 15.9. The van der Waals surface area contributed by atoms with Gasteiger partial charge in [0.25, 0.3) is 5.91 Å². The first-order valence-corrected chi connectivity index (χ1v) is 10.5. The minimum atomic E-state index is -0.687. The van der Waals surface area contributed by atoms with Crippen molar-refractivity contribution < 1.29 is 18.4 Å². The molecule has 162 valence electrons. The lowest BCUT2D eigenvalue weighted by Gasteiger charge is -2.07. The van der Waals surface area contributed by atoms with E-state index in [0.29, 0.717) is 21.6 Å². The molecule has 2 aromatic heterocycles. The second kappa shape index (κ2) is 8.07. The van der Waals surface area contributed by atoms with Gasteiger partial charge < -0.3 is 14.2 Å². The quantitative estimate of drug-likeness (QED) is 0.335. The molecule has 5 aromatic rings. The van der Waals surface area contributed by atoms with Crippen LogP contribution in [-0.2, 0) is 0 Å². The van der Waals surface area contributed by atoms with E-state index >= 15 is 0 Å². The second-order valence-electron chi connectivity index (χ2n) is 7.57. The summed E-state index contributed by atoms with van der Waals surface area (Å²) >= 11 is 5.95. The van der Waals surface area contributed by atoms with Crippen LogP contribution in [0.2, 0.25) is 5.02 Å². The van der Waals surface area contributed by atoms with Gasteiger partial charge in [0.2, 0.25) is 5.78 Å². The molecule has 0 bridgehead atoms. The van der Waals surface area contributed by atoms with Crippen molar-refractivity contribution in [2.75, 3.05) is 5.32 Å². The van der Waals surface area contributed by atoms with Gasteiger partial charge in [-0.15, -0.1) is 0 Å². The Balaban J connectivity index is 1.58. The molecule has 0 radical (unpaired) electrons. The standard InChI is InChI=1S/C26H16ClNO5/c1-14-6-8-15(9-7-14)24(30)25-23(17-4-2-3-5-20(17)33-25)28-26(31)22-13-19(29)18-12-16(27)10-11-21(18)32-22/h2-13H,1H3,(H,28,31). The van der Waals surface area contributed by atoms with Crippen LogP contribution >= 0.6 is 11.6 Å². The summed E-state index contributed by atoms with van der Waals surface area (Å²) in [5, 5.41) is 3.91. The van der Waals surface area contributed by atoms with E-state index < -0.39 is 11.3 Å². The first-order valence-electron chi connectivity index (χ1n) is 10.1. The highest BCUT2D eigenvalue weighted by Gasteiger charge is 2.24. The molecule has 0 saturated carbocycles. The molecule has 0 aliphatic carbocycles. The van der Waals surface area contributed by atoms with Gasteiger partial charge in [0, 0.05) is 22.0 Å². The molecule has 0 aliphatic heterocycles. The fourth-order valence-corrected chi connectivity index (χ4v) is 3.75. The van der Waals surface area contributed by atoms with Crippen molar-refractivity contribution in [1.82, 2.24) is 0 Å². The maximum atomic E-state index is 13.2. The largest absolute Gasteiger partial charge is 0.451 e. The molecule has 5 rings (SSSR count). The van der Waals surface area contributed by atoms with Crippen molar-refractivity contribution in [1.29, 1.82) is 0 Å². The van der Waals surface area contributed by atoms with E-state index in [1.165, 1.54) is 12.1 Å². The Kier molecular flexibility index (Phi) is 5.07. The van der Waals surface area contributed by atoms with Gasteiger partial charge in [-0.25, -0.2) is 0 Å². The van der Waals surface area contributed by atoms with Gasteiger partial charge in [-0.1, -0.05) is 53.6 Å². The molecule has 33 heavy (non-hydrogen) atoms. The average Bonchev–Trinajstić information content (AvgIpc) is 3.18.